The van der Waals surface area contributed by atoms with Crippen molar-refractivity contribution in [3.8, 4) is 11.5 Å². The maximum atomic E-state index is 13.4. The second-order valence-corrected chi connectivity index (χ2v) is 8.72. The summed E-state index contributed by atoms with van der Waals surface area (Å²) in [4.78, 5) is 28.2. The number of carbonyl (C=O) groups is 2. The van der Waals surface area contributed by atoms with Gasteiger partial charge in [0, 0.05) is 22.3 Å². The van der Waals surface area contributed by atoms with Crippen molar-refractivity contribution in [1.82, 2.24) is 0 Å². The molecule has 3 aromatic carbocycles. The van der Waals surface area contributed by atoms with Gasteiger partial charge in [-0.3, -0.25) is 14.5 Å². The molecule has 7 heteroatoms. The van der Waals surface area contributed by atoms with E-state index in [1.807, 2.05) is 20.8 Å². The number of ether oxygens (including phenoxy) is 2. The summed E-state index contributed by atoms with van der Waals surface area (Å²) in [7, 11) is 1.57. The van der Waals surface area contributed by atoms with Gasteiger partial charge in [0.25, 0.3) is 11.7 Å². The SMILES string of the molecule is CCOc1cccc(N2C(=O)C(=O)/C(=C(/O)c3cc(C)c(OC)cc3C)C2c2ccc(Cl)cc2)c1. The van der Waals surface area contributed by atoms with Crippen LogP contribution in [0.2, 0.25) is 5.02 Å². The first-order valence-electron chi connectivity index (χ1n) is 11.2. The number of aliphatic hydroxyl groups excluding tert-OH is 1. The molecule has 0 aromatic heterocycles. The molecule has 0 saturated carbocycles. The van der Waals surface area contributed by atoms with Gasteiger partial charge in [-0.05, 0) is 73.9 Å². The van der Waals surface area contributed by atoms with E-state index in [0.29, 0.717) is 45.5 Å². The quantitative estimate of drug-likeness (QED) is 0.260. The summed E-state index contributed by atoms with van der Waals surface area (Å²) in [5, 5.41) is 12.0. The lowest BCUT2D eigenvalue weighted by molar-refractivity contribution is -0.132. The van der Waals surface area contributed by atoms with Crippen molar-refractivity contribution in [3.05, 3.63) is 93.5 Å². The van der Waals surface area contributed by atoms with Gasteiger partial charge in [0.2, 0.25) is 0 Å². The number of benzene rings is 3. The Balaban J connectivity index is 1.95. The zero-order valence-electron chi connectivity index (χ0n) is 20.0. The van der Waals surface area contributed by atoms with E-state index in [0.717, 1.165) is 5.56 Å². The molecule has 0 spiro atoms. The number of aryl methyl sites for hydroxylation is 2. The molecule has 1 heterocycles. The van der Waals surface area contributed by atoms with Gasteiger partial charge in [-0.1, -0.05) is 29.8 Å². The molecule has 35 heavy (non-hydrogen) atoms. The fraction of sp³-hybridized carbons (Fsp3) is 0.214. The van der Waals surface area contributed by atoms with Crippen LogP contribution in [0.5, 0.6) is 11.5 Å². The molecular formula is C28H26ClNO5. The molecule has 3 aromatic rings. The van der Waals surface area contributed by atoms with E-state index in [1.54, 1.807) is 67.8 Å². The van der Waals surface area contributed by atoms with Crippen LogP contribution in [0, 0.1) is 13.8 Å². The van der Waals surface area contributed by atoms with Crippen molar-refractivity contribution < 1.29 is 24.2 Å². The summed E-state index contributed by atoms with van der Waals surface area (Å²) in [5.41, 5.74) is 3.10. The van der Waals surface area contributed by atoms with E-state index in [9.17, 15) is 14.7 Å². The zero-order chi connectivity index (χ0) is 25.3. The van der Waals surface area contributed by atoms with Crippen LogP contribution in [0.25, 0.3) is 5.76 Å². The molecule has 1 fully saturated rings. The molecule has 0 radical (unpaired) electrons. The Kier molecular flexibility index (Phi) is 6.85. The van der Waals surface area contributed by atoms with Crippen LogP contribution in [0.3, 0.4) is 0 Å². The number of hydrogen-bond donors (Lipinski definition) is 1. The monoisotopic (exact) mass is 491 g/mol. The van der Waals surface area contributed by atoms with E-state index in [2.05, 4.69) is 0 Å². The van der Waals surface area contributed by atoms with E-state index in [4.69, 9.17) is 21.1 Å². The lowest BCUT2D eigenvalue weighted by atomic mass is 9.93. The molecule has 1 amide bonds. The molecule has 0 bridgehead atoms. The number of aliphatic hydroxyl groups is 1. The third kappa shape index (κ3) is 4.49. The predicted octanol–water partition coefficient (Wildman–Crippen LogP) is 5.99. The number of nitrogens with zero attached hydrogens (tertiary/aromatic N) is 1. The maximum absolute atomic E-state index is 13.4. The molecule has 1 unspecified atom stereocenters. The van der Waals surface area contributed by atoms with Crippen molar-refractivity contribution in [1.29, 1.82) is 0 Å². The van der Waals surface area contributed by atoms with Gasteiger partial charge in [0.15, 0.2) is 0 Å². The lowest BCUT2D eigenvalue weighted by Gasteiger charge is -2.26. The molecule has 1 N–H and O–H groups in total. The number of ketones is 1. The van der Waals surface area contributed by atoms with Crippen LogP contribution >= 0.6 is 11.6 Å². The minimum absolute atomic E-state index is 0.00630. The van der Waals surface area contributed by atoms with Gasteiger partial charge in [-0.15, -0.1) is 0 Å². The van der Waals surface area contributed by atoms with E-state index in [-0.39, 0.29) is 11.3 Å². The Bertz CT molecular complexity index is 1330. The summed E-state index contributed by atoms with van der Waals surface area (Å²) in [6, 6.07) is 16.6. The number of amides is 1. The highest BCUT2D eigenvalue weighted by atomic mass is 35.5. The predicted molar refractivity (Wildman–Crippen MR) is 136 cm³/mol. The maximum Gasteiger partial charge on any atom is 0.300 e. The summed E-state index contributed by atoms with van der Waals surface area (Å²) in [5.74, 6) is -0.500. The Morgan fingerprint density at radius 1 is 1.03 bits per heavy atom. The summed E-state index contributed by atoms with van der Waals surface area (Å²) < 4.78 is 11.0. The smallest absolute Gasteiger partial charge is 0.300 e. The van der Waals surface area contributed by atoms with Crippen molar-refractivity contribution >= 4 is 34.7 Å². The van der Waals surface area contributed by atoms with Crippen LogP contribution in [0.4, 0.5) is 5.69 Å². The van der Waals surface area contributed by atoms with Gasteiger partial charge >= 0.3 is 0 Å². The number of carbonyl (C=O) groups excluding carboxylic acids is 2. The van der Waals surface area contributed by atoms with Gasteiger partial charge in [0.05, 0.1) is 25.3 Å². The number of hydrogen-bond acceptors (Lipinski definition) is 5. The van der Waals surface area contributed by atoms with Crippen molar-refractivity contribution in [3.63, 3.8) is 0 Å². The molecule has 6 nitrogen and oxygen atoms in total. The minimum Gasteiger partial charge on any atom is -0.507 e. The Labute approximate surface area is 209 Å². The molecular weight excluding hydrogens is 466 g/mol. The Morgan fingerprint density at radius 2 is 1.74 bits per heavy atom. The van der Waals surface area contributed by atoms with Crippen LogP contribution < -0.4 is 14.4 Å². The van der Waals surface area contributed by atoms with Crippen LogP contribution in [-0.2, 0) is 9.59 Å². The number of anilines is 1. The van der Waals surface area contributed by atoms with E-state index in [1.165, 1.54) is 4.90 Å². The summed E-state index contributed by atoms with van der Waals surface area (Å²) >= 11 is 6.11. The molecule has 1 saturated heterocycles. The van der Waals surface area contributed by atoms with Gasteiger partial charge in [-0.25, -0.2) is 0 Å². The highest BCUT2D eigenvalue weighted by Crippen LogP contribution is 2.43. The molecule has 180 valence electrons. The average Bonchev–Trinajstić information content (AvgIpc) is 3.11. The normalized spacial score (nSPS) is 17.1. The Morgan fingerprint density at radius 3 is 2.40 bits per heavy atom. The minimum atomic E-state index is -0.856. The van der Waals surface area contributed by atoms with E-state index < -0.39 is 17.7 Å². The van der Waals surface area contributed by atoms with Crippen molar-refractivity contribution in [2.75, 3.05) is 18.6 Å². The molecule has 1 atom stereocenters. The highest BCUT2D eigenvalue weighted by Gasteiger charge is 2.47. The summed E-state index contributed by atoms with van der Waals surface area (Å²) in [6.45, 7) is 5.99. The fourth-order valence-electron chi connectivity index (χ4n) is 4.36. The van der Waals surface area contributed by atoms with Crippen LogP contribution in [-0.4, -0.2) is 30.5 Å². The number of rotatable bonds is 6. The third-order valence-corrected chi connectivity index (χ3v) is 6.29. The van der Waals surface area contributed by atoms with Crippen molar-refractivity contribution in [2.24, 2.45) is 0 Å². The number of Topliss-reactive ketones (excluding diaryl/α,β-unsaturated/α-hetero) is 1. The molecule has 4 rings (SSSR count). The Hall–Kier alpha value is -3.77. The second kappa shape index (κ2) is 9.84. The second-order valence-electron chi connectivity index (χ2n) is 8.29. The van der Waals surface area contributed by atoms with Gasteiger partial charge < -0.3 is 14.6 Å². The van der Waals surface area contributed by atoms with Gasteiger partial charge in [-0.2, -0.15) is 0 Å². The first-order chi connectivity index (χ1) is 16.8. The van der Waals surface area contributed by atoms with Crippen LogP contribution in [0.15, 0.2) is 66.2 Å². The molecule has 1 aliphatic rings. The standard InChI is InChI=1S/C28H26ClNO5/c1-5-35-21-8-6-7-20(15-21)30-25(18-9-11-19(29)12-10-18)24(27(32)28(30)33)26(31)22-13-17(3)23(34-4)14-16(22)2/h6-15,25,31H,5H2,1-4H3/b26-24+. The lowest BCUT2D eigenvalue weighted by Crippen LogP contribution is -2.29. The van der Waals surface area contributed by atoms with Crippen LogP contribution in [0.1, 0.15) is 35.2 Å². The fourth-order valence-corrected chi connectivity index (χ4v) is 4.48. The average molecular weight is 492 g/mol. The van der Waals surface area contributed by atoms with E-state index >= 15 is 0 Å². The number of halogens is 1. The van der Waals surface area contributed by atoms with Crippen molar-refractivity contribution in [2.45, 2.75) is 26.8 Å². The molecule has 0 aliphatic carbocycles. The first kappa shape index (κ1) is 24.4. The third-order valence-electron chi connectivity index (χ3n) is 6.03. The zero-order valence-corrected chi connectivity index (χ0v) is 20.7. The number of methoxy groups -OCH3 is 1. The first-order valence-corrected chi connectivity index (χ1v) is 11.6. The van der Waals surface area contributed by atoms with Gasteiger partial charge in [0.1, 0.15) is 17.3 Å². The molecule has 1 aliphatic heterocycles. The summed E-state index contributed by atoms with van der Waals surface area (Å²) in [6.07, 6.45) is 0. The topological polar surface area (TPSA) is 76.1 Å². The highest BCUT2D eigenvalue weighted by molar-refractivity contribution is 6.51. The largest absolute Gasteiger partial charge is 0.507 e.